The number of nitrogens with zero attached hydrogens (tertiary/aromatic N) is 2. The van der Waals surface area contributed by atoms with Crippen LogP contribution in [0.5, 0.6) is 0 Å². The Hall–Kier alpha value is -2.43. The molecule has 0 bridgehead atoms. The van der Waals surface area contributed by atoms with Crippen LogP contribution in [0.3, 0.4) is 0 Å². The SMILES string of the molecule is CCOC(=O)C1C(C)=NC2=C(C(=O)CC(C)(C)C2)C1c1ccc2c(c1)CCCN2C. The van der Waals surface area contributed by atoms with Crippen LogP contribution in [0.25, 0.3) is 0 Å². The van der Waals surface area contributed by atoms with Gasteiger partial charge in [0.05, 0.1) is 6.61 Å². The summed E-state index contributed by atoms with van der Waals surface area (Å²) in [6.45, 7) is 9.31. The fourth-order valence-electron chi connectivity index (χ4n) is 5.34. The molecule has 1 aliphatic carbocycles. The summed E-state index contributed by atoms with van der Waals surface area (Å²) >= 11 is 0. The summed E-state index contributed by atoms with van der Waals surface area (Å²) in [6.07, 6.45) is 3.37. The molecule has 160 valence electrons. The molecule has 5 nitrogen and oxygen atoms in total. The van der Waals surface area contributed by atoms with Gasteiger partial charge in [0.1, 0.15) is 5.92 Å². The summed E-state index contributed by atoms with van der Waals surface area (Å²) in [7, 11) is 2.11. The molecule has 0 aromatic heterocycles. The Kier molecular flexibility index (Phi) is 5.33. The number of aryl methyl sites for hydroxylation is 1. The van der Waals surface area contributed by atoms with Crippen molar-refractivity contribution >= 4 is 23.2 Å². The number of Topliss-reactive ketones (excluding diaryl/α,β-unsaturated/α-hetero) is 1. The molecule has 1 aromatic rings. The third kappa shape index (κ3) is 3.59. The van der Waals surface area contributed by atoms with Gasteiger partial charge >= 0.3 is 5.97 Å². The van der Waals surface area contributed by atoms with Crippen LogP contribution in [0.2, 0.25) is 0 Å². The highest BCUT2D eigenvalue weighted by atomic mass is 16.5. The number of fused-ring (bicyclic) bond motifs is 1. The Labute approximate surface area is 179 Å². The monoisotopic (exact) mass is 408 g/mol. The van der Waals surface area contributed by atoms with Gasteiger partial charge in [-0.1, -0.05) is 26.0 Å². The first-order chi connectivity index (χ1) is 14.2. The number of ketones is 1. The van der Waals surface area contributed by atoms with Crippen molar-refractivity contribution in [1.29, 1.82) is 0 Å². The Morgan fingerprint density at radius 1 is 1.30 bits per heavy atom. The zero-order valence-electron chi connectivity index (χ0n) is 18.7. The largest absolute Gasteiger partial charge is 0.465 e. The molecule has 30 heavy (non-hydrogen) atoms. The van der Waals surface area contributed by atoms with Crippen molar-refractivity contribution in [3.05, 3.63) is 40.6 Å². The summed E-state index contributed by atoms with van der Waals surface area (Å²) in [4.78, 5) is 33.4. The summed E-state index contributed by atoms with van der Waals surface area (Å²) < 4.78 is 5.43. The van der Waals surface area contributed by atoms with Crippen LogP contribution in [0.4, 0.5) is 5.69 Å². The molecule has 0 amide bonds. The second kappa shape index (κ2) is 7.68. The van der Waals surface area contributed by atoms with E-state index in [1.165, 1.54) is 11.3 Å². The lowest BCUT2D eigenvalue weighted by molar-refractivity contribution is -0.146. The van der Waals surface area contributed by atoms with Gasteiger partial charge in [-0.25, -0.2) is 0 Å². The van der Waals surface area contributed by atoms with Gasteiger partial charge in [0.2, 0.25) is 0 Å². The van der Waals surface area contributed by atoms with Gasteiger partial charge in [-0.2, -0.15) is 0 Å². The highest BCUT2D eigenvalue weighted by Crippen LogP contribution is 2.48. The topological polar surface area (TPSA) is 59.0 Å². The molecule has 2 atom stereocenters. The molecule has 0 saturated carbocycles. The van der Waals surface area contributed by atoms with Crippen LogP contribution in [0, 0.1) is 11.3 Å². The van der Waals surface area contributed by atoms with Crippen molar-refractivity contribution in [2.45, 2.75) is 59.3 Å². The molecule has 2 heterocycles. The molecule has 0 N–H and O–H groups in total. The molecule has 0 radical (unpaired) electrons. The van der Waals surface area contributed by atoms with Crippen molar-refractivity contribution in [2.24, 2.45) is 16.3 Å². The molecule has 5 heteroatoms. The fourth-order valence-corrected chi connectivity index (χ4v) is 5.34. The minimum absolute atomic E-state index is 0.112. The Morgan fingerprint density at radius 3 is 2.80 bits per heavy atom. The highest BCUT2D eigenvalue weighted by molar-refractivity contribution is 6.09. The summed E-state index contributed by atoms with van der Waals surface area (Å²) in [5, 5.41) is 0. The number of hydrogen-bond acceptors (Lipinski definition) is 5. The number of aliphatic imine (C=N–C) groups is 1. The molecule has 0 saturated heterocycles. The molecular weight excluding hydrogens is 376 g/mol. The van der Waals surface area contributed by atoms with Gasteiger partial charge < -0.3 is 9.64 Å². The van der Waals surface area contributed by atoms with Crippen molar-refractivity contribution in [3.8, 4) is 0 Å². The normalized spacial score (nSPS) is 25.4. The fraction of sp³-hybridized carbons (Fsp3) is 0.560. The van der Waals surface area contributed by atoms with Crippen LogP contribution in [0.1, 0.15) is 64.0 Å². The van der Waals surface area contributed by atoms with E-state index < -0.39 is 5.92 Å². The number of esters is 1. The van der Waals surface area contributed by atoms with E-state index in [4.69, 9.17) is 9.73 Å². The molecule has 0 fully saturated rings. The minimum atomic E-state index is -0.548. The van der Waals surface area contributed by atoms with E-state index in [2.05, 4.69) is 44.0 Å². The molecule has 1 aromatic carbocycles. The van der Waals surface area contributed by atoms with Gasteiger partial charge in [-0.3, -0.25) is 14.6 Å². The van der Waals surface area contributed by atoms with Gasteiger partial charge in [0, 0.05) is 48.6 Å². The lowest BCUT2D eigenvalue weighted by atomic mass is 9.66. The number of anilines is 1. The third-order valence-electron chi connectivity index (χ3n) is 6.66. The molecule has 3 aliphatic rings. The van der Waals surface area contributed by atoms with Crippen LogP contribution in [-0.4, -0.2) is 37.7 Å². The lowest BCUT2D eigenvalue weighted by Crippen LogP contribution is -2.39. The molecule has 2 aliphatic heterocycles. The smallest absolute Gasteiger partial charge is 0.315 e. The van der Waals surface area contributed by atoms with Gasteiger partial charge in [0.15, 0.2) is 5.78 Å². The first-order valence-electron chi connectivity index (χ1n) is 11.0. The van der Waals surface area contributed by atoms with Crippen LogP contribution < -0.4 is 4.90 Å². The van der Waals surface area contributed by atoms with E-state index in [0.717, 1.165) is 48.4 Å². The Bertz CT molecular complexity index is 957. The number of ether oxygens (including phenoxy) is 1. The van der Waals surface area contributed by atoms with E-state index in [-0.39, 0.29) is 23.1 Å². The Morgan fingerprint density at radius 2 is 2.07 bits per heavy atom. The van der Waals surface area contributed by atoms with Crippen molar-refractivity contribution in [3.63, 3.8) is 0 Å². The van der Waals surface area contributed by atoms with E-state index in [9.17, 15) is 9.59 Å². The third-order valence-corrected chi connectivity index (χ3v) is 6.66. The van der Waals surface area contributed by atoms with Gasteiger partial charge in [-0.15, -0.1) is 0 Å². The van der Waals surface area contributed by atoms with Crippen LogP contribution in [-0.2, 0) is 20.7 Å². The standard InChI is InChI=1S/C25H32N2O3/c1-6-30-24(29)21-15(2)26-18-13-25(3,4)14-20(28)23(18)22(21)17-9-10-19-16(12-17)8-7-11-27(19)5/h9-10,12,21-22H,6-8,11,13-14H2,1-5H3. The van der Waals surface area contributed by atoms with E-state index in [1.54, 1.807) is 0 Å². The maximum Gasteiger partial charge on any atom is 0.315 e. The predicted octanol–water partition coefficient (Wildman–Crippen LogP) is 4.45. The second-order valence-electron chi connectivity index (χ2n) is 9.68. The molecule has 4 rings (SSSR count). The Balaban J connectivity index is 1.86. The highest BCUT2D eigenvalue weighted by Gasteiger charge is 2.46. The first kappa shape index (κ1) is 20.8. The number of hydrogen-bond donors (Lipinski definition) is 0. The van der Waals surface area contributed by atoms with Crippen molar-refractivity contribution in [2.75, 3.05) is 25.1 Å². The predicted molar refractivity (Wildman–Crippen MR) is 119 cm³/mol. The van der Waals surface area contributed by atoms with E-state index >= 15 is 0 Å². The average Bonchev–Trinajstić information content (AvgIpc) is 2.66. The van der Waals surface area contributed by atoms with Gasteiger partial charge in [-0.05, 0) is 55.7 Å². The lowest BCUT2D eigenvalue weighted by Gasteiger charge is -2.39. The molecule has 0 spiro atoms. The van der Waals surface area contributed by atoms with E-state index in [1.807, 2.05) is 13.8 Å². The molecular formula is C25H32N2O3. The minimum Gasteiger partial charge on any atom is -0.465 e. The quantitative estimate of drug-likeness (QED) is 0.694. The van der Waals surface area contributed by atoms with Gasteiger partial charge in [0.25, 0.3) is 0 Å². The number of allylic oxidation sites excluding steroid dienone is 2. The average molecular weight is 409 g/mol. The number of benzene rings is 1. The summed E-state index contributed by atoms with van der Waals surface area (Å²) in [5.74, 6) is -1.04. The number of rotatable bonds is 3. The number of carbonyl (C=O) groups excluding carboxylic acids is 2. The van der Waals surface area contributed by atoms with Crippen LogP contribution >= 0.6 is 0 Å². The summed E-state index contributed by atoms with van der Waals surface area (Å²) in [5.41, 5.74) is 5.77. The number of carbonyl (C=O) groups is 2. The summed E-state index contributed by atoms with van der Waals surface area (Å²) in [6, 6.07) is 6.44. The first-order valence-corrected chi connectivity index (χ1v) is 11.0. The van der Waals surface area contributed by atoms with Crippen molar-refractivity contribution in [1.82, 2.24) is 0 Å². The molecule has 2 unspecified atom stereocenters. The van der Waals surface area contributed by atoms with Crippen molar-refractivity contribution < 1.29 is 14.3 Å². The second-order valence-corrected chi connectivity index (χ2v) is 9.68. The van der Waals surface area contributed by atoms with Crippen LogP contribution in [0.15, 0.2) is 34.5 Å². The van der Waals surface area contributed by atoms with E-state index in [0.29, 0.717) is 13.0 Å². The zero-order valence-corrected chi connectivity index (χ0v) is 18.7. The maximum absolute atomic E-state index is 13.3. The zero-order chi connectivity index (χ0) is 21.6. The maximum atomic E-state index is 13.3.